The molecule has 3 aromatic rings. The smallest absolute Gasteiger partial charge is 0.239 e. The molecule has 5 nitrogen and oxygen atoms in total. The van der Waals surface area contributed by atoms with E-state index in [0.717, 1.165) is 0 Å². The number of carbonyl (C=O) groups is 1. The Kier molecular flexibility index (Phi) is 3.64. The van der Waals surface area contributed by atoms with Gasteiger partial charge < -0.3 is 4.42 Å². The highest BCUT2D eigenvalue weighted by atomic mass is 79.9. The first-order valence-electron chi connectivity index (χ1n) is 6.21. The first-order valence-corrected chi connectivity index (χ1v) is 8.55. The number of para-hydroxylation sites is 1. The molecule has 112 valence electrons. The summed E-state index contributed by atoms with van der Waals surface area (Å²) >= 11 is 3.11. The average molecular weight is 380 g/mol. The molecule has 0 atom stereocenters. The minimum Gasteiger partial charge on any atom is -0.464 e. The zero-order valence-corrected chi connectivity index (χ0v) is 13.5. The van der Waals surface area contributed by atoms with Gasteiger partial charge in [0, 0.05) is 15.4 Å². The first kappa shape index (κ1) is 15.0. The van der Waals surface area contributed by atoms with E-state index in [1.807, 2.05) is 0 Å². The van der Waals surface area contributed by atoms with E-state index in [2.05, 4.69) is 15.9 Å². The number of nitrogens with two attached hydrogens (primary N) is 1. The van der Waals surface area contributed by atoms with E-state index in [1.54, 1.807) is 24.3 Å². The molecule has 3 rings (SSSR count). The van der Waals surface area contributed by atoms with E-state index in [1.165, 1.54) is 24.5 Å². The predicted octanol–water partition coefficient (Wildman–Crippen LogP) is 3.07. The zero-order chi connectivity index (χ0) is 15.9. The second kappa shape index (κ2) is 5.35. The third kappa shape index (κ3) is 2.58. The van der Waals surface area contributed by atoms with Gasteiger partial charge in [-0.15, -0.1) is 0 Å². The summed E-state index contributed by atoms with van der Waals surface area (Å²) in [4.78, 5) is 12.5. The van der Waals surface area contributed by atoms with Crippen molar-refractivity contribution in [2.45, 2.75) is 4.90 Å². The molecule has 0 unspecified atom stereocenters. The van der Waals surface area contributed by atoms with Gasteiger partial charge in [-0.2, -0.15) is 0 Å². The molecule has 22 heavy (non-hydrogen) atoms. The molecule has 0 saturated heterocycles. The molecule has 2 N–H and O–H groups in total. The fourth-order valence-corrected chi connectivity index (χ4v) is 3.73. The molecule has 0 aliphatic rings. The molecule has 0 bridgehead atoms. The highest BCUT2D eigenvalue weighted by molar-refractivity contribution is 9.10. The lowest BCUT2D eigenvalue weighted by Crippen LogP contribution is -2.14. The van der Waals surface area contributed by atoms with E-state index in [9.17, 15) is 13.2 Å². The molecule has 1 aromatic heterocycles. The number of sulfonamides is 1. The summed E-state index contributed by atoms with van der Waals surface area (Å²) in [6.07, 6.45) is 1.37. The van der Waals surface area contributed by atoms with Crippen molar-refractivity contribution >= 4 is 42.7 Å². The Labute approximate surface area is 134 Å². The Morgan fingerprint density at radius 3 is 2.59 bits per heavy atom. The largest absolute Gasteiger partial charge is 0.464 e. The number of furan rings is 1. The Morgan fingerprint density at radius 2 is 1.86 bits per heavy atom. The number of primary sulfonamides is 1. The lowest BCUT2D eigenvalue weighted by molar-refractivity contribution is 0.103. The van der Waals surface area contributed by atoms with Crippen molar-refractivity contribution in [1.29, 1.82) is 0 Å². The molecule has 0 spiro atoms. The molecule has 0 fully saturated rings. The number of halogens is 1. The van der Waals surface area contributed by atoms with Crippen LogP contribution in [0.3, 0.4) is 0 Å². The molecular formula is C15H10BrNO4S. The second-order valence-electron chi connectivity index (χ2n) is 4.66. The normalized spacial score (nSPS) is 11.7. The van der Waals surface area contributed by atoms with Crippen molar-refractivity contribution in [1.82, 2.24) is 0 Å². The van der Waals surface area contributed by atoms with Crippen molar-refractivity contribution in [2.24, 2.45) is 5.14 Å². The molecule has 7 heteroatoms. The minimum atomic E-state index is -3.92. The number of hydrogen-bond donors (Lipinski definition) is 1. The molecule has 0 aliphatic heterocycles. The van der Waals surface area contributed by atoms with Gasteiger partial charge >= 0.3 is 0 Å². The SMILES string of the molecule is NS(=O)(=O)c1cc(C(=O)c2coc3ccccc23)ccc1Br. The van der Waals surface area contributed by atoms with Gasteiger partial charge in [0.1, 0.15) is 11.8 Å². The molecule has 0 saturated carbocycles. The third-order valence-electron chi connectivity index (χ3n) is 3.23. The second-order valence-corrected chi connectivity index (χ2v) is 7.05. The maximum Gasteiger partial charge on any atom is 0.239 e. The fraction of sp³-hybridized carbons (Fsp3) is 0. The van der Waals surface area contributed by atoms with Gasteiger partial charge in [0.15, 0.2) is 5.78 Å². The lowest BCUT2D eigenvalue weighted by Gasteiger charge is -2.05. The summed E-state index contributed by atoms with van der Waals surface area (Å²) in [5.74, 6) is -0.331. The maximum absolute atomic E-state index is 12.6. The van der Waals surface area contributed by atoms with E-state index in [4.69, 9.17) is 9.56 Å². The molecule has 2 aromatic carbocycles. The number of carbonyl (C=O) groups excluding carboxylic acids is 1. The quantitative estimate of drug-likeness (QED) is 0.707. The number of fused-ring (bicyclic) bond motifs is 1. The molecule has 0 radical (unpaired) electrons. The monoisotopic (exact) mass is 379 g/mol. The van der Waals surface area contributed by atoms with E-state index < -0.39 is 10.0 Å². The molecule has 0 aliphatic carbocycles. The number of ketones is 1. The molecule has 1 heterocycles. The maximum atomic E-state index is 12.6. The standard InChI is InChI=1S/C15H10BrNO4S/c16-12-6-5-9(7-14(12)22(17,19)20)15(18)11-8-21-13-4-2-1-3-10(11)13/h1-8H,(H2,17,19,20). The van der Waals surface area contributed by atoms with Gasteiger partial charge in [0.05, 0.1) is 10.5 Å². The van der Waals surface area contributed by atoms with Crippen molar-refractivity contribution in [2.75, 3.05) is 0 Å². The van der Waals surface area contributed by atoms with Gasteiger partial charge in [-0.3, -0.25) is 4.79 Å². The van der Waals surface area contributed by atoms with Crippen LogP contribution in [0.2, 0.25) is 0 Å². The van der Waals surface area contributed by atoms with E-state index in [-0.39, 0.29) is 16.2 Å². The van der Waals surface area contributed by atoms with Crippen LogP contribution in [0.25, 0.3) is 11.0 Å². The van der Waals surface area contributed by atoms with Crippen LogP contribution in [0.5, 0.6) is 0 Å². The zero-order valence-electron chi connectivity index (χ0n) is 11.1. The number of rotatable bonds is 3. The fourth-order valence-electron chi connectivity index (χ4n) is 2.17. The van der Waals surface area contributed by atoms with Gasteiger partial charge in [0.25, 0.3) is 0 Å². The summed E-state index contributed by atoms with van der Waals surface area (Å²) in [5, 5.41) is 5.82. The Balaban J connectivity index is 2.14. The average Bonchev–Trinajstić information content (AvgIpc) is 2.89. The topological polar surface area (TPSA) is 90.4 Å². The highest BCUT2D eigenvalue weighted by Crippen LogP contribution is 2.26. The summed E-state index contributed by atoms with van der Waals surface area (Å²) in [7, 11) is -3.92. The molecular weight excluding hydrogens is 370 g/mol. The number of benzene rings is 2. The van der Waals surface area contributed by atoms with Gasteiger partial charge in [0.2, 0.25) is 10.0 Å². The van der Waals surface area contributed by atoms with Crippen LogP contribution in [0.15, 0.2) is 62.5 Å². The third-order valence-corrected chi connectivity index (χ3v) is 5.13. The van der Waals surface area contributed by atoms with Crippen molar-refractivity contribution < 1.29 is 17.6 Å². The van der Waals surface area contributed by atoms with E-state index >= 15 is 0 Å². The van der Waals surface area contributed by atoms with Crippen LogP contribution in [-0.2, 0) is 10.0 Å². The highest BCUT2D eigenvalue weighted by Gasteiger charge is 2.19. The summed E-state index contributed by atoms with van der Waals surface area (Å²) in [6, 6.07) is 11.4. The van der Waals surface area contributed by atoms with Crippen LogP contribution in [-0.4, -0.2) is 14.2 Å². The number of hydrogen-bond acceptors (Lipinski definition) is 4. The Morgan fingerprint density at radius 1 is 1.14 bits per heavy atom. The summed E-state index contributed by atoms with van der Waals surface area (Å²) in [6.45, 7) is 0. The molecule has 0 amide bonds. The van der Waals surface area contributed by atoms with Crippen LogP contribution in [0.1, 0.15) is 15.9 Å². The first-order chi connectivity index (χ1) is 10.4. The van der Waals surface area contributed by atoms with Crippen LogP contribution in [0.4, 0.5) is 0 Å². The Hall–Kier alpha value is -1.96. The van der Waals surface area contributed by atoms with Crippen molar-refractivity contribution in [3.05, 3.63) is 64.3 Å². The van der Waals surface area contributed by atoms with Crippen molar-refractivity contribution in [3.8, 4) is 0 Å². The van der Waals surface area contributed by atoms with Crippen LogP contribution >= 0.6 is 15.9 Å². The van der Waals surface area contributed by atoms with Crippen LogP contribution < -0.4 is 5.14 Å². The van der Waals surface area contributed by atoms with E-state index in [0.29, 0.717) is 21.0 Å². The summed E-state index contributed by atoms with van der Waals surface area (Å²) < 4.78 is 28.7. The predicted molar refractivity (Wildman–Crippen MR) is 85.2 cm³/mol. The van der Waals surface area contributed by atoms with Gasteiger partial charge in [-0.05, 0) is 40.2 Å². The van der Waals surface area contributed by atoms with Crippen molar-refractivity contribution in [3.63, 3.8) is 0 Å². The minimum absolute atomic E-state index is 0.133. The lowest BCUT2D eigenvalue weighted by atomic mass is 10.0. The van der Waals surface area contributed by atoms with Gasteiger partial charge in [-0.1, -0.05) is 18.2 Å². The Bertz CT molecular complexity index is 992. The van der Waals surface area contributed by atoms with Crippen LogP contribution in [0, 0.1) is 0 Å². The summed E-state index contributed by atoms with van der Waals surface area (Å²) in [5.41, 5.74) is 1.19. The van der Waals surface area contributed by atoms with Gasteiger partial charge in [-0.25, -0.2) is 13.6 Å².